The molecule has 0 bridgehead atoms. The van der Waals surface area contributed by atoms with Crippen LogP contribution in [-0.4, -0.2) is 15.0 Å². The fourth-order valence-corrected chi connectivity index (χ4v) is 0. The van der Waals surface area contributed by atoms with Crippen molar-refractivity contribution in [2.75, 3.05) is 7.05 Å². The SMILES string of the molecule is II.[B]NC. The molecule has 0 saturated heterocycles. The molecule has 0 rings (SSSR count). The van der Waals surface area contributed by atoms with Crippen LogP contribution in [0.5, 0.6) is 0 Å². The minimum atomic E-state index is 1.65. The molecule has 1 nitrogen and oxygen atoms in total. The monoisotopic (exact) mass is 295 g/mol. The molecule has 0 unspecified atom stereocenters. The van der Waals surface area contributed by atoms with Gasteiger partial charge in [0.1, 0.15) is 0 Å². The summed E-state index contributed by atoms with van der Waals surface area (Å²) in [5, 5.41) is 2.25. The van der Waals surface area contributed by atoms with Gasteiger partial charge in [-0.1, -0.05) is 0 Å². The topological polar surface area (TPSA) is 12.0 Å². The van der Waals surface area contributed by atoms with Gasteiger partial charge >= 0.3 is 0 Å². The van der Waals surface area contributed by atoms with Crippen LogP contribution in [-0.2, 0) is 0 Å². The van der Waals surface area contributed by atoms with Crippen LogP contribution in [0.2, 0.25) is 0 Å². The Labute approximate surface area is 57.0 Å². The lowest BCUT2D eigenvalue weighted by Crippen LogP contribution is -1.93. The van der Waals surface area contributed by atoms with Gasteiger partial charge in [0.25, 0.3) is 0 Å². The maximum absolute atomic E-state index is 4.60. The molecule has 0 spiro atoms. The molecule has 0 aromatic heterocycles. The first kappa shape index (κ1) is 9.70. The standard InChI is InChI=1S/CH4BN.I2/c1-3-2;1-2/h3H,1H3;. The summed E-state index contributed by atoms with van der Waals surface area (Å²) in [6.45, 7) is 0. The summed E-state index contributed by atoms with van der Waals surface area (Å²) < 4.78 is 0. The summed E-state index contributed by atoms with van der Waals surface area (Å²) in [4.78, 5) is 0. The molecule has 0 heterocycles. The Hall–Kier alpha value is 1.48. The minimum absolute atomic E-state index is 1.65. The Morgan fingerprint density at radius 1 is 1.60 bits per heavy atom. The van der Waals surface area contributed by atoms with Crippen molar-refractivity contribution >= 4 is 45.2 Å². The molecule has 0 aliphatic heterocycles. The molecule has 4 heteroatoms. The zero-order valence-electron chi connectivity index (χ0n) is 2.83. The van der Waals surface area contributed by atoms with E-state index >= 15 is 0 Å². The number of rotatable bonds is 0. The second kappa shape index (κ2) is 17.9. The highest BCUT2D eigenvalue weighted by molar-refractivity contribution is 15.0. The van der Waals surface area contributed by atoms with E-state index in [9.17, 15) is 0 Å². The number of hydrogen-bond donors (Lipinski definition) is 1. The maximum atomic E-state index is 4.60. The van der Waals surface area contributed by atoms with Crippen LogP contribution >= 0.6 is 37.2 Å². The van der Waals surface area contributed by atoms with Crippen LogP contribution in [0.3, 0.4) is 0 Å². The zero-order chi connectivity index (χ0) is 4.71. The van der Waals surface area contributed by atoms with Crippen LogP contribution in [0.1, 0.15) is 0 Å². The van der Waals surface area contributed by atoms with Gasteiger partial charge in [0.15, 0.2) is 7.98 Å². The highest BCUT2D eigenvalue weighted by atomic mass is 128. The van der Waals surface area contributed by atoms with E-state index in [0.29, 0.717) is 0 Å². The van der Waals surface area contributed by atoms with Gasteiger partial charge in [-0.2, -0.15) is 0 Å². The van der Waals surface area contributed by atoms with E-state index in [-0.39, 0.29) is 0 Å². The van der Waals surface area contributed by atoms with E-state index in [4.69, 9.17) is 0 Å². The Morgan fingerprint density at radius 3 is 1.60 bits per heavy atom. The van der Waals surface area contributed by atoms with Crippen molar-refractivity contribution in [3.05, 3.63) is 0 Å². The molecule has 0 aromatic rings. The largest absolute Gasteiger partial charge is 0.369 e. The fraction of sp³-hybridized carbons (Fsp3) is 1.00. The molecular formula is CH4BI2N. The van der Waals surface area contributed by atoms with Gasteiger partial charge in [-0.3, -0.25) is 0 Å². The van der Waals surface area contributed by atoms with Gasteiger partial charge in [-0.15, -0.1) is 0 Å². The fourth-order valence-electron chi connectivity index (χ4n) is 0. The number of halogens is 2. The van der Waals surface area contributed by atoms with Crippen LogP contribution in [0.25, 0.3) is 0 Å². The van der Waals surface area contributed by atoms with Gasteiger partial charge in [0.2, 0.25) is 0 Å². The van der Waals surface area contributed by atoms with E-state index in [1.165, 1.54) is 0 Å². The summed E-state index contributed by atoms with van der Waals surface area (Å²) in [6.07, 6.45) is 0. The van der Waals surface area contributed by atoms with E-state index in [0.717, 1.165) is 0 Å². The molecule has 0 amide bonds. The highest BCUT2D eigenvalue weighted by Gasteiger charge is 1.29. The van der Waals surface area contributed by atoms with Gasteiger partial charge in [0, 0.05) is 37.2 Å². The Balaban J connectivity index is 0. The quantitative estimate of drug-likeness (QED) is 0.520. The van der Waals surface area contributed by atoms with Crippen molar-refractivity contribution in [3.8, 4) is 0 Å². The summed E-state index contributed by atoms with van der Waals surface area (Å²) in [6, 6.07) is 0. The van der Waals surface area contributed by atoms with Gasteiger partial charge in [0.05, 0.1) is 0 Å². The first-order valence-electron chi connectivity index (χ1n) is 0.932. The van der Waals surface area contributed by atoms with Crippen LogP contribution < -0.4 is 5.23 Å². The first-order valence-corrected chi connectivity index (χ1v) is 7.22. The molecule has 0 aromatic carbocycles. The highest BCUT2D eigenvalue weighted by Crippen LogP contribution is 1.89. The van der Waals surface area contributed by atoms with Crippen LogP contribution in [0.4, 0.5) is 0 Å². The third kappa shape index (κ3) is 30.2. The number of nitrogens with one attached hydrogen (secondary N) is 1. The Morgan fingerprint density at radius 2 is 1.60 bits per heavy atom. The predicted molar refractivity (Wildman–Crippen MR) is 42.9 cm³/mol. The third-order valence-corrected chi connectivity index (χ3v) is 0. The van der Waals surface area contributed by atoms with Crippen molar-refractivity contribution in [2.24, 2.45) is 0 Å². The molecule has 1 N–H and O–H groups in total. The van der Waals surface area contributed by atoms with E-state index in [1.54, 1.807) is 7.05 Å². The van der Waals surface area contributed by atoms with E-state index in [2.05, 4.69) is 50.4 Å². The average molecular weight is 295 g/mol. The molecule has 5 heavy (non-hydrogen) atoms. The molecule has 0 atom stereocenters. The third-order valence-electron chi connectivity index (χ3n) is 0. The molecule has 0 saturated carbocycles. The average Bonchev–Trinajstić information content (AvgIpc) is 1.46. The molecule has 2 radical (unpaired) electrons. The second-order valence-electron chi connectivity index (χ2n) is 0.289. The molecule has 30 valence electrons. The van der Waals surface area contributed by atoms with Crippen molar-refractivity contribution in [1.82, 2.24) is 5.23 Å². The van der Waals surface area contributed by atoms with Crippen molar-refractivity contribution < 1.29 is 0 Å². The lowest BCUT2D eigenvalue weighted by atomic mass is 10.5. The van der Waals surface area contributed by atoms with Crippen molar-refractivity contribution in [3.63, 3.8) is 0 Å². The summed E-state index contributed by atoms with van der Waals surface area (Å²) in [5.41, 5.74) is 0. The van der Waals surface area contributed by atoms with Gasteiger partial charge in [-0.05, 0) is 7.05 Å². The van der Waals surface area contributed by atoms with Crippen molar-refractivity contribution in [2.45, 2.75) is 0 Å². The molecule has 0 aliphatic rings. The Kier molecular flexibility index (Phi) is 34.7. The molecular weight excluding hydrogens is 291 g/mol. The molecule has 0 fully saturated rings. The lowest BCUT2D eigenvalue weighted by molar-refractivity contribution is 1.27. The van der Waals surface area contributed by atoms with Crippen LogP contribution in [0, 0.1) is 0 Å². The summed E-state index contributed by atoms with van der Waals surface area (Å²) >= 11 is 4.24. The first-order chi connectivity index (χ1) is 2.41. The zero-order valence-corrected chi connectivity index (χ0v) is 7.15. The van der Waals surface area contributed by atoms with Crippen molar-refractivity contribution in [1.29, 1.82) is 0 Å². The van der Waals surface area contributed by atoms with Gasteiger partial charge < -0.3 is 5.23 Å². The minimum Gasteiger partial charge on any atom is -0.369 e. The summed E-state index contributed by atoms with van der Waals surface area (Å²) in [7, 11) is 6.25. The number of hydrogen-bond acceptors (Lipinski definition) is 1. The Bertz CT molecular complexity index is 9.61. The molecule has 0 aliphatic carbocycles. The summed E-state index contributed by atoms with van der Waals surface area (Å²) in [5.74, 6) is 0. The van der Waals surface area contributed by atoms with Crippen LogP contribution in [0.15, 0.2) is 0 Å². The smallest absolute Gasteiger partial charge is 0.177 e. The maximum Gasteiger partial charge on any atom is 0.177 e. The van der Waals surface area contributed by atoms with E-state index < -0.39 is 0 Å². The second-order valence-corrected chi connectivity index (χ2v) is 0.289. The predicted octanol–water partition coefficient (Wildman–Crippen LogP) is 1.06. The van der Waals surface area contributed by atoms with Gasteiger partial charge in [-0.25, -0.2) is 0 Å². The van der Waals surface area contributed by atoms with E-state index in [1.807, 2.05) is 0 Å². The normalized spacial score (nSPS) is 4.60. The lowest BCUT2D eigenvalue weighted by Gasteiger charge is -1.58.